The van der Waals surface area contributed by atoms with Crippen molar-refractivity contribution in [2.45, 2.75) is 90.4 Å². The molecule has 0 spiro atoms. The van der Waals surface area contributed by atoms with Gasteiger partial charge < -0.3 is 0 Å². The van der Waals surface area contributed by atoms with E-state index < -0.39 is 23.7 Å². The lowest BCUT2D eigenvalue weighted by atomic mass is 9.49. The van der Waals surface area contributed by atoms with Gasteiger partial charge in [0.1, 0.15) is 0 Å². The van der Waals surface area contributed by atoms with E-state index in [1.807, 2.05) is 19.1 Å². The van der Waals surface area contributed by atoms with Crippen molar-refractivity contribution in [3.05, 3.63) is 12.2 Å². The first-order chi connectivity index (χ1) is 19.7. The number of fused-ring (bicyclic) bond motifs is 2. The zero-order valence-electron chi connectivity index (χ0n) is 24.6. The monoisotopic (exact) mass is 558 g/mol. The summed E-state index contributed by atoms with van der Waals surface area (Å²) < 4.78 is 0. The van der Waals surface area contributed by atoms with E-state index in [9.17, 15) is 19.2 Å². The maximum absolute atomic E-state index is 14.2. The van der Waals surface area contributed by atoms with Crippen LogP contribution in [-0.4, -0.2) is 46.5 Å². The maximum Gasteiger partial charge on any atom is 0.233 e. The standard InChI is InChI=1S/C35H46N2O4/c1-2-3-25-28-26(30(38)36(32(28)40)17-34-11-19-4-20(12-34)6-21(5-19)13-34)10-27-29(25)33(41)37(31(27)39)18-35-14-22-7-23(15-35)9-24(8-22)16-35/h2-3,19-29H,4-18H2,1H3/b3-2+/t19?,20?,21?,22?,23?,24?,25?,26-,27-,28-,29+,34?,35?/m1/s1. The third-order valence-corrected chi connectivity index (χ3v) is 14.2. The van der Waals surface area contributed by atoms with Crippen LogP contribution in [0, 0.1) is 75.9 Å². The van der Waals surface area contributed by atoms with Crippen LogP contribution in [-0.2, 0) is 19.2 Å². The molecule has 0 aromatic rings. The molecule has 2 saturated heterocycles. The van der Waals surface area contributed by atoms with E-state index in [2.05, 4.69) is 0 Å². The van der Waals surface area contributed by atoms with Crippen LogP contribution < -0.4 is 0 Å². The van der Waals surface area contributed by atoms with Crippen molar-refractivity contribution in [2.75, 3.05) is 13.1 Å². The van der Waals surface area contributed by atoms with E-state index in [1.165, 1.54) is 38.5 Å². The molecule has 11 fully saturated rings. The van der Waals surface area contributed by atoms with Crippen molar-refractivity contribution in [3.8, 4) is 0 Å². The molecule has 0 N–H and O–H groups in total. The Morgan fingerprint density at radius 1 is 0.561 bits per heavy atom. The summed E-state index contributed by atoms with van der Waals surface area (Å²) in [6.07, 6.45) is 19.3. The summed E-state index contributed by atoms with van der Waals surface area (Å²) in [6.45, 7) is 3.07. The highest BCUT2D eigenvalue weighted by molar-refractivity contribution is 6.10. The quantitative estimate of drug-likeness (QED) is 0.343. The molecule has 5 atom stereocenters. The number of hydrogen-bond acceptors (Lipinski definition) is 4. The Morgan fingerprint density at radius 2 is 0.902 bits per heavy atom. The van der Waals surface area contributed by atoms with E-state index >= 15 is 0 Å². The normalized spacial score (nSPS) is 52.9. The number of hydrogen-bond donors (Lipinski definition) is 0. The first-order valence-corrected chi connectivity index (χ1v) is 17.1. The molecule has 41 heavy (non-hydrogen) atoms. The molecule has 2 heterocycles. The van der Waals surface area contributed by atoms with E-state index in [4.69, 9.17) is 0 Å². The predicted octanol–water partition coefficient (Wildman–Crippen LogP) is 5.22. The third kappa shape index (κ3) is 3.60. The average molecular weight is 559 g/mol. The van der Waals surface area contributed by atoms with Gasteiger partial charge in [-0.2, -0.15) is 0 Å². The smallest absolute Gasteiger partial charge is 0.233 e. The molecular weight excluding hydrogens is 512 g/mol. The Labute approximate surface area is 244 Å². The van der Waals surface area contributed by atoms with Gasteiger partial charge in [0, 0.05) is 19.0 Å². The molecule has 9 aliphatic carbocycles. The van der Waals surface area contributed by atoms with Crippen molar-refractivity contribution in [1.82, 2.24) is 9.80 Å². The number of likely N-dealkylation sites (tertiary alicyclic amines) is 2. The van der Waals surface area contributed by atoms with Gasteiger partial charge in [-0.3, -0.25) is 29.0 Å². The lowest BCUT2D eigenvalue weighted by Gasteiger charge is -2.57. The number of amides is 4. The lowest BCUT2D eigenvalue weighted by molar-refractivity contribution is -0.146. The SMILES string of the molecule is C/C=C/C1[C@H]2C(=O)N(CC34CC5CC(CC(C5)C3)C4)C(=O)[C@@H]2C[C@H]2C(=O)N(CC34CC5CC(CC(C5)C3)C4)C(=O)[C@@H]12. The molecule has 0 radical (unpaired) electrons. The van der Waals surface area contributed by atoms with E-state index in [1.54, 1.807) is 9.80 Å². The summed E-state index contributed by atoms with van der Waals surface area (Å²) in [5.41, 5.74) is 0.194. The van der Waals surface area contributed by atoms with Gasteiger partial charge >= 0.3 is 0 Å². The maximum atomic E-state index is 14.2. The van der Waals surface area contributed by atoms with Gasteiger partial charge in [-0.05, 0) is 137 Å². The zero-order valence-corrected chi connectivity index (χ0v) is 24.6. The minimum atomic E-state index is -0.495. The second kappa shape index (κ2) is 8.56. The summed E-state index contributed by atoms with van der Waals surface area (Å²) in [7, 11) is 0. The predicted molar refractivity (Wildman–Crippen MR) is 152 cm³/mol. The van der Waals surface area contributed by atoms with Gasteiger partial charge in [0.05, 0.1) is 23.7 Å². The number of carbonyl (C=O) groups is 4. The Morgan fingerprint density at radius 3 is 1.22 bits per heavy atom. The zero-order chi connectivity index (χ0) is 27.8. The summed E-state index contributed by atoms with van der Waals surface area (Å²) in [5.74, 6) is 2.09. The van der Waals surface area contributed by atoms with Crippen molar-refractivity contribution in [1.29, 1.82) is 0 Å². The second-order valence-electron chi connectivity index (χ2n) is 17.0. The molecule has 8 bridgehead atoms. The van der Waals surface area contributed by atoms with Gasteiger partial charge in [0.2, 0.25) is 23.6 Å². The van der Waals surface area contributed by atoms with Gasteiger partial charge in [-0.25, -0.2) is 0 Å². The highest BCUT2D eigenvalue weighted by Gasteiger charge is 2.65. The number of carbonyl (C=O) groups excluding carboxylic acids is 4. The van der Waals surface area contributed by atoms with Crippen molar-refractivity contribution >= 4 is 23.6 Å². The van der Waals surface area contributed by atoms with Gasteiger partial charge in [0.15, 0.2) is 0 Å². The van der Waals surface area contributed by atoms with Crippen LogP contribution in [0.25, 0.3) is 0 Å². The van der Waals surface area contributed by atoms with Crippen LogP contribution in [0.4, 0.5) is 0 Å². The fourth-order valence-electron chi connectivity index (χ4n) is 13.9. The van der Waals surface area contributed by atoms with E-state index in [-0.39, 0.29) is 40.4 Å². The van der Waals surface area contributed by atoms with Gasteiger partial charge in [-0.1, -0.05) is 12.2 Å². The number of rotatable bonds is 5. The lowest BCUT2D eigenvalue weighted by Crippen LogP contribution is -2.52. The molecule has 9 saturated carbocycles. The Hall–Kier alpha value is -1.98. The van der Waals surface area contributed by atoms with Crippen LogP contribution in [0.15, 0.2) is 12.2 Å². The minimum absolute atomic E-state index is 0.0523. The molecule has 4 amide bonds. The number of nitrogens with zero attached hydrogens (tertiary/aromatic N) is 2. The molecule has 11 aliphatic rings. The molecule has 1 unspecified atom stereocenters. The van der Waals surface area contributed by atoms with Crippen molar-refractivity contribution < 1.29 is 19.2 Å². The van der Waals surface area contributed by atoms with Crippen molar-refractivity contribution in [2.24, 2.45) is 75.9 Å². The molecule has 11 rings (SSSR count). The van der Waals surface area contributed by atoms with Crippen LogP contribution in [0.5, 0.6) is 0 Å². The summed E-state index contributed by atoms with van der Waals surface area (Å²) in [5, 5.41) is 0. The van der Waals surface area contributed by atoms with Crippen LogP contribution in [0.1, 0.15) is 90.4 Å². The minimum Gasteiger partial charge on any atom is -0.282 e. The number of allylic oxidation sites excluding steroid dienone is 2. The summed E-state index contributed by atoms with van der Waals surface area (Å²) >= 11 is 0. The van der Waals surface area contributed by atoms with Gasteiger partial charge in [0.25, 0.3) is 0 Å². The molecule has 6 heteroatoms. The summed E-state index contributed by atoms with van der Waals surface area (Å²) in [4.78, 5) is 59.7. The van der Waals surface area contributed by atoms with Crippen LogP contribution in [0.3, 0.4) is 0 Å². The fourth-order valence-corrected chi connectivity index (χ4v) is 13.9. The van der Waals surface area contributed by atoms with E-state index in [0.717, 1.165) is 74.0 Å². The van der Waals surface area contributed by atoms with Crippen LogP contribution >= 0.6 is 0 Å². The second-order valence-corrected chi connectivity index (χ2v) is 17.0. The highest BCUT2D eigenvalue weighted by atomic mass is 16.2. The van der Waals surface area contributed by atoms with E-state index in [0.29, 0.717) is 19.5 Å². The average Bonchev–Trinajstić information content (AvgIpc) is 3.27. The topological polar surface area (TPSA) is 74.8 Å². The number of imide groups is 2. The Kier molecular flexibility index (Phi) is 5.33. The highest BCUT2D eigenvalue weighted by Crippen LogP contribution is 2.63. The molecular formula is C35H46N2O4. The molecule has 0 aromatic carbocycles. The third-order valence-electron chi connectivity index (χ3n) is 14.2. The first-order valence-electron chi connectivity index (χ1n) is 17.1. The fraction of sp³-hybridized carbons (Fsp3) is 0.829. The molecule has 2 aliphatic heterocycles. The first kappa shape index (κ1) is 25.5. The Bertz CT molecular complexity index is 1090. The molecule has 6 nitrogen and oxygen atoms in total. The van der Waals surface area contributed by atoms with Gasteiger partial charge in [-0.15, -0.1) is 0 Å². The van der Waals surface area contributed by atoms with Crippen molar-refractivity contribution in [3.63, 3.8) is 0 Å². The summed E-state index contributed by atoms with van der Waals surface area (Å²) in [6, 6.07) is 0. The molecule has 220 valence electrons. The molecule has 0 aromatic heterocycles. The Balaban J connectivity index is 0.985. The largest absolute Gasteiger partial charge is 0.282 e. The van der Waals surface area contributed by atoms with Crippen LogP contribution in [0.2, 0.25) is 0 Å².